The smallest absolute Gasteiger partial charge is 0.410 e. The number of carbonyl (C=O) groups excluding carboxylic acids is 1. The number of ether oxygens (including phenoxy) is 2. The quantitative estimate of drug-likeness (QED) is 0.832. The van der Waals surface area contributed by atoms with Gasteiger partial charge < -0.3 is 20.1 Å². The summed E-state index contributed by atoms with van der Waals surface area (Å²) >= 11 is 0. The lowest BCUT2D eigenvalue weighted by Crippen LogP contribution is -2.47. The minimum atomic E-state index is -0.424. The highest BCUT2D eigenvalue weighted by Crippen LogP contribution is 2.26. The Balaban J connectivity index is 1.68. The third-order valence-corrected chi connectivity index (χ3v) is 3.61. The van der Waals surface area contributed by atoms with Crippen LogP contribution in [0.4, 0.5) is 4.79 Å². The minimum absolute atomic E-state index is 0.211. The molecule has 0 aromatic rings. The summed E-state index contributed by atoms with van der Waals surface area (Å²) in [7, 11) is 0. The van der Waals surface area contributed by atoms with E-state index in [1.165, 1.54) is 0 Å². The molecular formula is C14H26N2O3. The zero-order chi connectivity index (χ0) is 14.0. The summed E-state index contributed by atoms with van der Waals surface area (Å²) in [6.07, 6.45) is 4.15. The molecule has 110 valence electrons. The molecule has 1 amide bonds. The molecule has 1 saturated carbocycles. The maximum Gasteiger partial charge on any atom is 0.410 e. The van der Waals surface area contributed by atoms with Crippen molar-refractivity contribution in [2.45, 2.75) is 70.3 Å². The van der Waals surface area contributed by atoms with Crippen molar-refractivity contribution in [1.29, 1.82) is 0 Å². The fraction of sp³-hybridized carbons (Fsp3) is 0.929. The van der Waals surface area contributed by atoms with E-state index in [0.717, 1.165) is 38.8 Å². The van der Waals surface area contributed by atoms with E-state index in [4.69, 9.17) is 15.2 Å². The molecule has 2 rings (SSSR count). The van der Waals surface area contributed by atoms with E-state index in [1.807, 2.05) is 20.8 Å². The lowest BCUT2D eigenvalue weighted by molar-refractivity contribution is -0.0800. The van der Waals surface area contributed by atoms with Crippen LogP contribution in [0.5, 0.6) is 0 Å². The lowest BCUT2D eigenvalue weighted by atomic mass is 9.90. The SMILES string of the molecule is CC(C)(C)OC(=O)N1CCC(O[C@H]2C[C@H](N)C2)CC1. The predicted molar refractivity (Wildman–Crippen MR) is 72.9 cm³/mol. The van der Waals surface area contributed by atoms with Gasteiger partial charge in [0, 0.05) is 19.1 Å². The van der Waals surface area contributed by atoms with Crippen LogP contribution in [0.2, 0.25) is 0 Å². The third-order valence-electron chi connectivity index (χ3n) is 3.61. The Morgan fingerprint density at radius 1 is 1.16 bits per heavy atom. The zero-order valence-electron chi connectivity index (χ0n) is 12.2. The van der Waals surface area contributed by atoms with Crippen molar-refractivity contribution < 1.29 is 14.3 Å². The number of likely N-dealkylation sites (tertiary alicyclic amines) is 1. The molecule has 0 unspecified atom stereocenters. The molecule has 19 heavy (non-hydrogen) atoms. The van der Waals surface area contributed by atoms with E-state index in [2.05, 4.69) is 0 Å². The average molecular weight is 270 g/mol. The van der Waals surface area contributed by atoms with Crippen LogP contribution in [0.15, 0.2) is 0 Å². The van der Waals surface area contributed by atoms with Crippen molar-refractivity contribution in [3.63, 3.8) is 0 Å². The number of amides is 1. The number of hydrogen-bond acceptors (Lipinski definition) is 4. The number of carbonyl (C=O) groups is 1. The van der Waals surface area contributed by atoms with E-state index < -0.39 is 5.60 Å². The van der Waals surface area contributed by atoms with E-state index in [-0.39, 0.29) is 12.2 Å². The number of rotatable bonds is 2. The van der Waals surface area contributed by atoms with Crippen LogP contribution < -0.4 is 5.73 Å². The number of piperidine rings is 1. The first kappa shape index (κ1) is 14.6. The largest absolute Gasteiger partial charge is 0.444 e. The molecule has 1 aliphatic carbocycles. The maximum atomic E-state index is 11.9. The fourth-order valence-corrected chi connectivity index (χ4v) is 2.49. The Morgan fingerprint density at radius 3 is 2.21 bits per heavy atom. The van der Waals surface area contributed by atoms with Crippen LogP contribution in [-0.2, 0) is 9.47 Å². The van der Waals surface area contributed by atoms with Gasteiger partial charge in [0.15, 0.2) is 0 Å². The second-order valence-electron chi connectivity index (χ2n) is 6.66. The summed E-state index contributed by atoms with van der Waals surface area (Å²) < 4.78 is 11.3. The number of nitrogens with zero attached hydrogens (tertiary/aromatic N) is 1. The van der Waals surface area contributed by atoms with Crippen molar-refractivity contribution in [3.05, 3.63) is 0 Å². The van der Waals surface area contributed by atoms with Gasteiger partial charge in [0.05, 0.1) is 12.2 Å². The van der Waals surface area contributed by atoms with Crippen molar-refractivity contribution in [2.24, 2.45) is 5.73 Å². The minimum Gasteiger partial charge on any atom is -0.444 e. The molecular weight excluding hydrogens is 244 g/mol. The van der Waals surface area contributed by atoms with E-state index in [1.54, 1.807) is 4.90 Å². The van der Waals surface area contributed by atoms with Crippen molar-refractivity contribution >= 4 is 6.09 Å². The normalized spacial score (nSPS) is 28.9. The van der Waals surface area contributed by atoms with Gasteiger partial charge in [-0.3, -0.25) is 0 Å². The molecule has 0 aromatic carbocycles. The van der Waals surface area contributed by atoms with Gasteiger partial charge in [-0.15, -0.1) is 0 Å². The molecule has 0 spiro atoms. The van der Waals surface area contributed by atoms with E-state index in [0.29, 0.717) is 12.1 Å². The van der Waals surface area contributed by atoms with Gasteiger partial charge >= 0.3 is 6.09 Å². The molecule has 0 atom stereocenters. The van der Waals surface area contributed by atoms with E-state index in [9.17, 15) is 4.79 Å². The first-order valence-corrected chi connectivity index (χ1v) is 7.22. The van der Waals surface area contributed by atoms with Gasteiger partial charge in [0.2, 0.25) is 0 Å². The van der Waals surface area contributed by atoms with Gasteiger partial charge in [-0.1, -0.05) is 0 Å². The Labute approximate surface area is 115 Å². The molecule has 5 heteroatoms. The summed E-state index contributed by atoms with van der Waals surface area (Å²) in [4.78, 5) is 13.7. The molecule has 2 fully saturated rings. The molecule has 0 bridgehead atoms. The highest BCUT2D eigenvalue weighted by atomic mass is 16.6. The molecule has 1 aliphatic heterocycles. The highest BCUT2D eigenvalue weighted by molar-refractivity contribution is 5.68. The van der Waals surface area contributed by atoms with Gasteiger partial charge in [-0.25, -0.2) is 4.79 Å². The molecule has 2 N–H and O–H groups in total. The van der Waals surface area contributed by atoms with Crippen LogP contribution in [0.3, 0.4) is 0 Å². The van der Waals surface area contributed by atoms with Crippen molar-refractivity contribution in [2.75, 3.05) is 13.1 Å². The Kier molecular flexibility index (Phi) is 4.36. The van der Waals surface area contributed by atoms with Crippen LogP contribution in [0.1, 0.15) is 46.5 Å². The first-order valence-electron chi connectivity index (χ1n) is 7.22. The summed E-state index contributed by atoms with van der Waals surface area (Å²) in [6, 6.07) is 0.326. The van der Waals surface area contributed by atoms with Crippen molar-refractivity contribution in [3.8, 4) is 0 Å². The predicted octanol–water partition coefficient (Wildman–Crippen LogP) is 1.89. The Hall–Kier alpha value is -0.810. The van der Waals surface area contributed by atoms with Crippen LogP contribution in [0, 0.1) is 0 Å². The standard InChI is InChI=1S/C14H26N2O3/c1-14(2,3)19-13(17)16-6-4-11(5-7-16)18-12-8-10(15)9-12/h10-12H,4-9,15H2,1-3H3/t10-,12-. The summed E-state index contributed by atoms with van der Waals surface area (Å²) in [5.74, 6) is 0. The summed E-state index contributed by atoms with van der Waals surface area (Å²) in [6.45, 7) is 7.11. The summed E-state index contributed by atoms with van der Waals surface area (Å²) in [5.41, 5.74) is 5.32. The zero-order valence-corrected chi connectivity index (χ0v) is 12.2. The number of nitrogens with two attached hydrogens (primary N) is 1. The van der Waals surface area contributed by atoms with Crippen LogP contribution >= 0.6 is 0 Å². The first-order chi connectivity index (χ1) is 8.83. The molecule has 2 aliphatic rings. The maximum absolute atomic E-state index is 11.9. The van der Waals surface area contributed by atoms with Crippen LogP contribution in [-0.4, -0.2) is 47.9 Å². The molecule has 0 aromatic heterocycles. The molecule has 5 nitrogen and oxygen atoms in total. The second kappa shape index (κ2) is 5.67. The van der Waals surface area contributed by atoms with Crippen LogP contribution in [0.25, 0.3) is 0 Å². The number of hydrogen-bond donors (Lipinski definition) is 1. The highest BCUT2D eigenvalue weighted by Gasteiger charge is 2.32. The second-order valence-corrected chi connectivity index (χ2v) is 6.66. The van der Waals surface area contributed by atoms with Gasteiger partial charge in [-0.2, -0.15) is 0 Å². The molecule has 1 saturated heterocycles. The average Bonchev–Trinajstić information content (AvgIpc) is 2.25. The van der Waals surface area contributed by atoms with Gasteiger partial charge in [0.1, 0.15) is 5.60 Å². The van der Waals surface area contributed by atoms with Gasteiger partial charge in [-0.05, 0) is 46.5 Å². The summed E-state index contributed by atoms with van der Waals surface area (Å²) in [5, 5.41) is 0. The third kappa shape index (κ3) is 4.35. The van der Waals surface area contributed by atoms with Crippen molar-refractivity contribution in [1.82, 2.24) is 4.90 Å². The van der Waals surface area contributed by atoms with Gasteiger partial charge in [0.25, 0.3) is 0 Å². The Morgan fingerprint density at radius 2 is 1.74 bits per heavy atom. The lowest BCUT2D eigenvalue weighted by Gasteiger charge is -2.38. The topological polar surface area (TPSA) is 64.8 Å². The Bertz CT molecular complexity index is 313. The monoisotopic (exact) mass is 270 g/mol. The fourth-order valence-electron chi connectivity index (χ4n) is 2.49. The van der Waals surface area contributed by atoms with E-state index >= 15 is 0 Å². The molecule has 0 radical (unpaired) electrons. The molecule has 1 heterocycles.